The zero-order valence-electron chi connectivity index (χ0n) is 21.4. The van der Waals surface area contributed by atoms with E-state index in [1.54, 1.807) is 24.7 Å². The van der Waals surface area contributed by atoms with Crippen molar-refractivity contribution < 1.29 is 9.53 Å². The molecule has 2 heterocycles. The van der Waals surface area contributed by atoms with Crippen LogP contribution in [0.3, 0.4) is 0 Å². The molecule has 192 valence electrons. The number of aromatic nitrogens is 5. The molecule has 9 nitrogen and oxygen atoms in total. The summed E-state index contributed by atoms with van der Waals surface area (Å²) in [6, 6.07) is 15.3. The molecule has 0 saturated carbocycles. The monoisotopic (exact) mass is 518 g/mol. The molecule has 4 rings (SSSR count). The van der Waals surface area contributed by atoms with Crippen LogP contribution in [-0.4, -0.2) is 35.8 Å². The fraction of sp³-hybridized carbons (Fsp3) is 0.259. The second kappa shape index (κ2) is 11.3. The molecular formula is C27H30N6O3S. The number of rotatable bonds is 10. The van der Waals surface area contributed by atoms with E-state index in [1.165, 1.54) is 16.4 Å². The SMILES string of the molecule is C=CCn1c(COc2cc(C)cc(C)c2)nnc1SCC(=O)Nc1c(C)n(C)n(-c2ccccc2)c1=O. The minimum Gasteiger partial charge on any atom is -0.486 e. The van der Waals surface area contributed by atoms with Gasteiger partial charge in [0.25, 0.3) is 5.56 Å². The molecule has 0 aliphatic rings. The van der Waals surface area contributed by atoms with E-state index >= 15 is 0 Å². The number of carbonyl (C=O) groups excluding carboxylic acids is 1. The Balaban J connectivity index is 1.44. The average Bonchev–Trinajstić information content (AvgIpc) is 3.34. The molecule has 4 aromatic rings. The maximum atomic E-state index is 13.1. The molecule has 0 radical (unpaired) electrons. The molecule has 0 aliphatic heterocycles. The van der Waals surface area contributed by atoms with Gasteiger partial charge in [-0.1, -0.05) is 42.1 Å². The number of anilines is 1. The van der Waals surface area contributed by atoms with Gasteiger partial charge < -0.3 is 10.1 Å². The van der Waals surface area contributed by atoms with Crippen molar-refractivity contribution in [2.75, 3.05) is 11.1 Å². The third kappa shape index (κ3) is 5.86. The predicted molar refractivity (Wildman–Crippen MR) is 146 cm³/mol. The highest BCUT2D eigenvalue weighted by Crippen LogP contribution is 2.21. The summed E-state index contributed by atoms with van der Waals surface area (Å²) >= 11 is 1.24. The standard InChI is InChI=1S/C27H30N6O3S/c1-6-12-32-23(16-36-22-14-18(2)13-19(3)15-22)29-30-27(32)37-17-24(34)28-25-20(4)31(5)33(26(25)35)21-10-8-7-9-11-21/h6-11,13-15H,1,12,16-17H2,2-5H3,(H,28,34). The fourth-order valence-electron chi connectivity index (χ4n) is 4.03. The van der Waals surface area contributed by atoms with Crippen LogP contribution in [0.4, 0.5) is 5.69 Å². The van der Waals surface area contributed by atoms with Crippen molar-refractivity contribution in [2.24, 2.45) is 7.05 Å². The van der Waals surface area contributed by atoms with Crippen molar-refractivity contribution in [1.82, 2.24) is 24.1 Å². The number of allylic oxidation sites excluding steroid dienone is 1. The first-order valence-electron chi connectivity index (χ1n) is 11.8. The minimum absolute atomic E-state index is 0.0618. The Kier molecular flexibility index (Phi) is 7.98. The van der Waals surface area contributed by atoms with Crippen LogP contribution < -0.4 is 15.6 Å². The number of aryl methyl sites for hydroxylation is 2. The van der Waals surface area contributed by atoms with Crippen molar-refractivity contribution in [2.45, 2.75) is 39.1 Å². The summed E-state index contributed by atoms with van der Waals surface area (Å²) in [6.07, 6.45) is 1.74. The van der Waals surface area contributed by atoms with Gasteiger partial charge in [0.05, 0.1) is 17.1 Å². The van der Waals surface area contributed by atoms with Gasteiger partial charge in [0, 0.05) is 13.6 Å². The summed E-state index contributed by atoms with van der Waals surface area (Å²) in [7, 11) is 1.79. The molecule has 1 amide bonds. The molecule has 2 aromatic carbocycles. The van der Waals surface area contributed by atoms with E-state index < -0.39 is 0 Å². The van der Waals surface area contributed by atoms with Crippen molar-refractivity contribution in [3.8, 4) is 11.4 Å². The number of ether oxygens (including phenoxy) is 1. The van der Waals surface area contributed by atoms with Gasteiger partial charge in [-0.2, -0.15) is 0 Å². The highest BCUT2D eigenvalue weighted by atomic mass is 32.2. The van der Waals surface area contributed by atoms with E-state index in [4.69, 9.17) is 4.74 Å². The van der Waals surface area contributed by atoms with Crippen molar-refractivity contribution in [3.05, 3.63) is 94.2 Å². The summed E-state index contributed by atoms with van der Waals surface area (Å²) in [5, 5.41) is 11.9. The fourth-order valence-corrected chi connectivity index (χ4v) is 4.79. The summed E-state index contributed by atoms with van der Waals surface area (Å²) in [4.78, 5) is 25.9. The van der Waals surface area contributed by atoms with Crippen molar-refractivity contribution in [1.29, 1.82) is 0 Å². The molecule has 0 spiro atoms. The average molecular weight is 519 g/mol. The number of nitrogens with one attached hydrogen (secondary N) is 1. The third-order valence-corrected chi connectivity index (χ3v) is 6.79. The smallest absolute Gasteiger partial charge is 0.295 e. The first-order chi connectivity index (χ1) is 17.8. The molecule has 2 aromatic heterocycles. The topological polar surface area (TPSA) is 96.0 Å². The lowest BCUT2D eigenvalue weighted by Gasteiger charge is -2.10. The third-order valence-electron chi connectivity index (χ3n) is 5.82. The molecule has 0 fully saturated rings. The summed E-state index contributed by atoms with van der Waals surface area (Å²) in [5.41, 5.74) is 3.59. The van der Waals surface area contributed by atoms with Crippen LogP contribution in [0.5, 0.6) is 5.75 Å². The first-order valence-corrected chi connectivity index (χ1v) is 12.8. The quantitative estimate of drug-likeness (QED) is 0.250. The van der Waals surface area contributed by atoms with Crippen LogP contribution in [0.1, 0.15) is 22.6 Å². The summed E-state index contributed by atoms with van der Waals surface area (Å²) in [5.74, 6) is 1.15. The van der Waals surface area contributed by atoms with E-state index in [-0.39, 0.29) is 29.5 Å². The van der Waals surface area contributed by atoms with Gasteiger partial charge in [0.15, 0.2) is 11.0 Å². The van der Waals surface area contributed by atoms with Crippen LogP contribution >= 0.6 is 11.8 Å². The van der Waals surface area contributed by atoms with Crippen LogP contribution in [0.2, 0.25) is 0 Å². The molecule has 37 heavy (non-hydrogen) atoms. The number of benzene rings is 2. The lowest BCUT2D eigenvalue weighted by atomic mass is 10.1. The number of thioether (sulfide) groups is 1. The molecule has 0 atom stereocenters. The number of para-hydroxylation sites is 1. The zero-order chi connectivity index (χ0) is 26.5. The Labute approximate surface area is 219 Å². The van der Waals surface area contributed by atoms with Crippen molar-refractivity contribution >= 4 is 23.4 Å². The summed E-state index contributed by atoms with van der Waals surface area (Å²) in [6.45, 7) is 10.4. The molecule has 0 unspecified atom stereocenters. The summed E-state index contributed by atoms with van der Waals surface area (Å²) < 4.78 is 11.1. The lowest BCUT2D eigenvalue weighted by Crippen LogP contribution is -2.23. The predicted octanol–water partition coefficient (Wildman–Crippen LogP) is 4.19. The molecule has 0 aliphatic carbocycles. The molecule has 0 saturated heterocycles. The van der Waals surface area contributed by atoms with Crippen LogP contribution in [0.25, 0.3) is 5.69 Å². The molecule has 10 heteroatoms. The normalized spacial score (nSPS) is 10.9. The van der Waals surface area contributed by atoms with Gasteiger partial charge in [0.2, 0.25) is 5.91 Å². The van der Waals surface area contributed by atoms with Crippen LogP contribution in [0.15, 0.2) is 71.1 Å². The van der Waals surface area contributed by atoms with Gasteiger partial charge in [-0.05, 0) is 56.2 Å². The Bertz CT molecular complexity index is 1470. The number of hydrogen-bond acceptors (Lipinski definition) is 6. The van der Waals surface area contributed by atoms with Crippen LogP contribution in [0, 0.1) is 20.8 Å². The second-order valence-electron chi connectivity index (χ2n) is 8.68. The number of carbonyl (C=O) groups is 1. The van der Waals surface area contributed by atoms with E-state index in [9.17, 15) is 9.59 Å². The van der Waals surface area contributed by atoms with Gasteiger partial charge in [-0.15, -0.1) is 16.8 Å². The van der Waals surface area contributed by atoms with E-state index in [1.807, 2.05) is 60.9 Å². The van der Waals surface area contributed by atoms with Gasteiger partial charge in [0.1, 0.15) is 18.0 Å². The molecule has 1 N–H and O–H groups in total. The van der Waals surface area contributed by atoms with E-state index in [2.05, 4.69) is 28.2 Å². The Morgan fingerprint density at radius 1 is 1.11 bits per heavy atom. The Hall–Kier alpha value is -4.05. The first kappa shape index (κ1) is 26.0. The number of hydrogen-bond donors (Lipinski definition) is 1. The maximum Gasteiger partial charge on any atom is 0.295 e. The Morgan fingerprint density at radius 2 is 1.81 bits per heavy atom. The minimum atomic E-state index is -0.308. The lowest BCUT2D eigenvalue weighted by molar-refractivity contribution is -0.113. The number of nitrogens with zero attached hydrogens (tertiary/aromatic N) is 5. The molecular weight excluding hydrogens is 488 g/mol. The highest BCUT2D eigenvalue weighted by molar-refractivity contribution is 7.99. The van der Waals surface area contributed by atoms with Gasteiger partial charge >= 0.3 is 0 Å². The van der Waals surface area contributed by atoms with E-state index in [0.717, 1.165) is 22.6 Å². The van der Waals surface area contributed by atoms with Gasteiger partial charge in [-0.25, -0.2) is 4.68 Å². The molecule has 0 bridgehead atoms. The van der Waals surface area contributed by atoms with E-state index in [0.29, 0.717) is 23.2 Å². The number of amides is 1. The largest absolute Gasteiger partial charge is 0.486 e. The zero-order valence-corrected chi connectivity index (χ0v) is 22.2. The van der Waals surface area contributed by atoms with Gasteiger partial charge in [-0.3, -0.25) is 18.8 Å². The Morgan fingerprint density at radius 3 is 2.49 bits per heavy atom. The second-order valence-corrected chi connectivity index (χ2v) is 9.63. The highest BCUT2D eigenvalue weighted by Gasteiger charge is 2.19. The van der Waals surface area contributed by atoms with Crippen molar-refractivity contribution in [3.63, 3.8) is 0 Å². The van der Waals surface area contributed by atoms with Crippen LogP contribution in [-0.2, 0) is 25.0 Å². The maximum absolute atomic E-state index is 13.1.